The average molecular weight is 149 g/mol. The van der Waals surface area contributed by atoms with E-state index in [2.05, 4.69) is 9.97 Å². The molecule has 0 fully saturated rings. The van der Waals surface area contributed by atoms with E-state index < -0.39 is 0 Å². The standard InChI is InChI=1S/C7H7N3O/c1-4-9-2-5-6(8)3-11-7(5)10-4/h2-3H,8H2,1H3. The zero-order chi connectivity index (χ0) is 7.84. The molecule has 0 aromatic carbocycles. The molecule has 4 nitrogen and oxygen atoms in total. The fourth-order valence-electron chi connectivity index (χ4n) is 0.920. The minimum atomic E-state index is 0.551. The SMILES string of the molecule is Cc1ncc2c(N)coc2n1. The van der Waals surface area contributed by atoms with Crippen molar-refractivity contribution in [1.29, 1.82) is 0 Å². The van der Waals surface area contributed by atoms with Crippen LogP contribution in [0.3, 0.4) is 0 Å². The number of hydrogen-bond donors (Lipinski definition) is 1. The first-order valence-electron chi connectivity index (χ1n) is 3.23. The molecule has 2 rings (SSSR count). The van der Waals surface area contributed by atoms with Crippen LogP contribution in [-0.2, 0) is 0 Å². The summed E-state index contributed by atoms with van der Waals surface area (Å²) in [5, 5.41) is 0.774. The molecule has 0 amide bonds. The Kier molecular flexibility index (Phi) is 1.09. The van der Waals surface area contributed by atoms with Gasteiger partial charge in [0.25, 0.3) is 0 Å². The van der Waals surface area contributed by atoms with E-state index in [1.165, 1.54) is 6.26 Å². The first-order valence-corrected chi connectivity index (χ1v) is 3.23. The van der Waals surface area contributed by atoms with Gasteiger partial charge < -0.3 is 10.2 Å². The fourth-order valence-corrected chi connectivity index (χ4v) is 0.920. The fraction of sp³-hybridized carbons (Fsp3) is 0.143. The highest BCUT2D eigenvalue weighted by molar-refractivity contribution is 5.85. The van der Waals surface area contributed by atoms with Gasteiger partial charge in [-0.3, -0.25) is 0 Å². The van der Waals surface area contributed by atoms with E-state index in [1.807, 2.05) is 0 Å². The molecule has 11 heavy (non-hydrogen) atoms. The monoisotopic (exact) mass is 149 g/mol. The molecule has 0 aliphatic rings. The normalized spacial score (nSPS) is 10.6. The molecule has 0 aliphatic heterocycles. The molecule has 0 unspecified atom stereocenters. The summed E-state index contributed by atoms with van der Waals surface area (Å²) in [6, 6.07) is 0. The van der Waals surface area contributed by atoms with Gasteiger partial charge in [0.05, 0.1) is 11.1 Å². The maximum absolute atomic E-state index is 5.55. The van der Waals surface area contributed by atoms with Crippen LogP contribution in [0.2, 0.25) is 0 Å². The van der Waals surface area contributed by atoms with Crippen LogP contribution in [0.5, 0.6) is 0 Å². The lowest BCUT2D eigenvalue weighted by Crippen LogP contribution is -1.86. The number of nitrogen functional groups attached to an aromatic ring is 1. The molecule has 0 saturated carbocycles. The molecule has 0 radical (unpaired) electrons. The van der Waals surface area contributed by atoms with Crippen molar-refractivity contribution in [2.45, 2.75) is 6.92 Å². The zero-order valence-electron chi connectivity index (χ0n) is 6.03. The lowest BCUT2D eigenvalue weighted by atomic mass is 10.4. The summed E-state index contributed by atoms with van der Waals surface area (Å²) in [6.45, 7) is 1.80. The summed E-state index contributed by atoms with van der Waals surface area (Å²) in [7, 11) is 0. The molecule has 2 N–H and O–H groups in total. The second-order valence-corrected chi connectivity index (χ2v) is 2.33. The minimum absolute atomic E-state index is 0.551. The van der Waals surface area contributed by atoms with Crippen LogP contribution in [0.4, 0.5) is 5.69 Å². The van der Waals surface area contributed by atoms with Crippen LogP contribution >= 0.6 is 0 Å². The van der Waals surface area contributed by atoms with Gasteiger partial charge in [-0.2, -0.15) is 4.98 Å². The Labute approximate surface area is 63.1 Å². The largest absolute Gasteiger partial charge is 0.444 e. The van der Waals surface area contributed by atoms with E-state index >= 15 is 0 Å². The summed E-state index contributed by atoms with van der Waals surface area (Å²) < 4.78 is 5.05. The molecule has 2 aromatic heterocycles. The molecule has 0 atom stereocenters. The van der Waals surface area contributed by atoms with E-state index in [-0.39, 0.29) is 0 Å². The van der Waals surface area contributed by atoms with Crippen molar-refractivity contribution in [3.05, 3.63) is 18.3 Å². The number of anilines is 1. The number of furan rings is 1. The first kappa shape index (κ1) is 6.15. The summed E-state index contributed by atoms with van der Waals surface area (Å²) in [5.74, 6) is 0.687. The number of fused-ring (bicyclic) bond motifs is 1. The Morgan fingerprint density at radius 2 is 2.36 bits per heavy atom. The highest BCUT2D eigenvalue weighted by Crippen LogP contribution is 2.19. The Hall–Kier alpha value is -1.58. The first-order chi connectivity index (χ1) is 5.27. The van der Waals surface area contributed by atoms with E-state index in [4.69, 9.17) is 10.2 Å². The van der Waals surface area contributed by atoms with Gasteiger partial charge in [-0.15, -0.1) is 0 Å². The molecule has 2 heterocycles. The van der Waals surface area contributed by atoms with Crippen molar-refractivity contribution in [2.24, 2.45) is 0 Å². The Morgan fingerprint density at radius 3 is 3.18 bits per heavy atom. The molecule has 0 spiro atoms. The predicted molar refractivity (Wildman–Crippen MR) is 41.0 cm³/mol. The maximum Gasteiger partial charge on any atom is 0.231 e. The highest BCUT2D eigenvalue weighted by Gasteiger charge is 2.03. The third kappa shape index (κ3) is 0.832. The second kappa shape index (κ2) is 1.95. The van der Waals surface area contributed by atoms with Crippen molar-refractivity contribution < 1.29 is 4.42 Å². The van der Waals surface area contributed by atoms with E-state index in [0.717, 1.165) is 5.39 Å². The Balaban J connectivity index is 2.86. The molecule has 2 aromatic rings. The summed E-state index contributed by atoms with van der Waals surface area (Å²) >= 11 is 0. The van der Waals surface area contributed by atoms with Crippen LogP contribution in [0.25, 0.3) is 11.1 Å². The quantitative estimate of drug-likeness (QED) is 0.609. The molecule has 56 valence electrons. The second-order valence-electron chi connectivity index (χ2n) is 2.33. The van der Waals surface area contributed by atoms with Gasteiger partial charge in [0.1, 0.15) is 12.1 Å². The third-order valence-corrected chi connectivity index (χ3v) is 1.48. The van der Waals surface area contributed by atoms with Gasteiger partial charge in [-0.25, -0.2) is 4.98 Å². The number of aryl methyl sites for hydroxylation is 1. The van der Waals surface area contributed by atoms with E-state index in [9.17, 15) is 0 Å². The highest BCUT2D eigenvalue weighted by atomic mass is 16.3. The van der Waals surface area contributed by atoms with Gasteiger partial charge >= 0.3 is 0 Å². The summed E-state index contributed by atoms with van der Waals surface area (Å²) in [5.41, 5.74) is 6.69. The third-order valence-electron chi connectivity index (χ3n) is 1.48. The molecule has 4 heteroatoms. The Bertz CT molecular complexity index is 393. The van der Waals surface area contributed by atoms with Gasteiger partial charge in [0, 0.05) is 6.20 Å². The molecule has 0 bridgehead atoms. The number of nitrogens with two attached hydrogens (primary N) is 1. The zero-order valence-corrected chi connectivity index (χ0v) is 6.03. The predicted octanol–water partition coefficient (Wildman–Crippen LogP) is 1.11. The number of aromatic nitrogens is 2. The van der Waals surface area contributed by atoms with E-state index in [1.54, 1.807) is 13.1 Å². The maximum atomic E-state index is 5.55. The lowest BCUT2D eigenvalue weighted by molar-refractivity contribution is 0.602. The van der Waals surface area contributed by atoms with Gasteiger partial charge in [-0.1, -0.05) is 0 Å². The van der Waals surface area contributed by atoms with Crippen LogP contribution in [0, 0.1) is 6.92 Å². The molecular weight excluding hydrogens is 142 g/mol. The van der Waals surface area contributed by atoms with Crippen LogP contribution < -0.4 is 5.73 Å². The van der Waals surface area contributed by atoms with Crippen LogP contribution in [0.1, 0.15) is 5.82 Å². The molecule has 0 aliphatic carbocycles. The number of hydrogen-bond acceptors (Lipinski definition) is 4. The van der Waals surface area contributed by atoms with Crippen molar-refractivity contribution in [3.8, 4) is 0 Å². The average Bonchev–Trinajstić information content (AvgIpc) is 2.32. The summed E-state index contributed by atoms with van der Waals surface area (Å²) in [6.07, 6.45) is 3.13. The van der Waals surface area contributed by atoms with Crippen molar-refractivity contribution >= 4 is 16.8 Å². The Morgan fingerprint density at radius 1 is 1.55 bits per heavy atom. The van der Waals surface area contributed by atoms with Crippen LogP contribution in [0.15, 0.2) is 16.9 Å². The van der Waals surface area contributed by atoms with Crippen molar-refractivity contribution in [3.63, 3.8) is 0 Å². The van der Waals surface area contributed by atoms with Crippen LogP contribution in [-0.4, -0.2) is 9.97 Å². The van der Waals surface area contributed by atoms with Gasteiger partial charge in [0.2, 0.25) is 5.71 Å². The smallest absolute Gasteiger partial charge is 0.231 e. The molecular formula is C7H7N3O. The van der Waals surface area contributed by atoms with E-state index in [0.29, 0.717) is 17.2 Å². The minimum Gasteiger partial charge on any atom is -0.444 e. The van der Waals surface area contributed by atoms with Gasteiger partial charge in [0.15, 0.2) is 0 Å². The molecule has 0 saturated heterocycles. The van der Waals surface area contributed by atoms with Crippen molar-refractivity contribution in [1.82, 2.24) is 9.97 Å². The van der Waals surface area contributed by atoms with Crippen molar-refractivity contribution in [2.75, 3.05) is 5.73 Å². The summed E-state index contributed by atoms with van der Waals surface area (Å²) in [4.78, 5) is 8.03. The number of nitrogens with zero attached hydrogens (tertiary/aromatic N) is 2. The van der Waals surface area contributed by atoms with Gasteiger partial charge in [-0.05, 0) is 6.92 Å². The topological polar surface area (TPSA) is 64.9 Å². The lowest BCUT2D eigenvalue weighted by Gasteiger charge is -1.89. The number of rotatable bonds is 0.